The third-order valence-corrected chi connectivity index (χ3v) is 2.35. The Morgan fingerprint density at radius 2 is 2.36 bits per heavy atom. The summed E-state index contributed by atoms with van der Waals surface area (Å²) in [4.78, 5) is 7.27. The first-order chi connectivity index (χ1) is 6.83. The van der Waals surface area contributed by atoms with Gasteiger partial charge in [-0.2, -0.15) is 0 Å². The van der Waals surface area contributed by atoms with Gasteiger partial charge in [0.25, 0.3) is 0 Å². The lowest BCUT2D eigenvalue weighted by Gasteiger charge is -2.08. The second-order valence-corrected chi connectivity index (χ2v) is 3.53. The average molecular weight is 196 g/mol. The summed E-state index contributed by atoms with van der Waals surface area (Å²) < 4.78 is 0. The lowest BCUT2D eigenvalue weighted by molar-refractivity contribution is 0.501. The zero-order chi connectivity index (χ0) is 10.2. The van der Waals surface area contributed by atoms with Gasteiger partial charge >= 0.3 is 0 Å². The van der Waals surface area contributed by atoms with E-state index in [2.05, 4.69) is 15.3 Å². The molecule has 0 aliphatic heterocycles. The molecular formula is C10H20N4. The van der Waals surface area contributed by atoms with Crippen molar-refractivity contribution in [1.29, 1.82) is 0 Å². The Morgan fingerprint density at radius 3 is 3.00 bits per heavy atom. The van der Waals surface area contributed by atoms with Crippen LogP contribution in [0.5, 0.6) is 0 Å². The molecule has 1 atom stereocenters. The molecule has 0 fully saturated rings. The quantitative estimate of drug-likeness (QED) is 0.450. The van der Waals surface area contributed by atoms with E-state index in [1.165, 1.54) is 19.3 Å². The predicted octanol–water partition coefficient (Wildman–Crippen LogP) is 1.02. The highest BCUT2D eigenvalue weighted by atomic mass is 15.0. The number of aryl methyl sites for hydroxylation is 1. The number of unbranched alkanes of at least 4 members (excludes halogenated alkanes) is 2. The minimum absolute atomic E-state index is 0.151. The van der Waals surface area contributed by atoms with E-state index in [-0.39, 0.29) is 6.17 Å². The fourth-order valence-electron chi connectivity index (χ4n) is 1.41. The summed E-state index contributed by atoms with van der Waals surface area (Å²) in [5.74, 6) is 1.09. The molecule has 1 heterocycles. The van der Waals surface area contributed by atoms with E-state index in [4.69, 9.17) is 5.73 Å². The van der Waals surface area contributed by atoms with Crippen LogP contribution in [0, 0.1) is 0 Å². The van der Waals surface area contributed by atoms with E-state index in [0.29, 0.717) is 0 Å². The number of aromatic amines is 1. The Kier molecular flexibility index (Phi) is 5.25. The number of hydrogen-bond donors (Lipinski definition) is 3. The summed E-state index contributed by atoms with van der Waals surface area (Å²) in [5.41, 5.74) is 5.72. The molecule has 4 nitrogen and oxygen atoms in total. The van der Waals surface area contributed by atoms with Gasteiger partial charge in [-0.05, 0) is 19.9 Å². The summed E-state index contributed by atoms with van der Waals surface area (Å²) in [5, 5.41) is 3.03. The molecule has 1 rings (SSSR count). The van der Waals surface area contributed by atoms with Gasteiger partial charge in [0.2, 0.25) is 0 Å². The fraction of sp³-hybridized carbons (Fsp3) is 0.700. The lowest BCUT2D eigenvalue weighted by atomic mass is 10.1. The van der Waals surface area contributed by atoms with Crippen molar-refractivity contribution in [3.63, 3.8) is 0 Å². The highest BCUT2D eigenvalue weighted by Gasteiger charge is 1.98. The third-order valence-electron chi connectivity index (χ3n) is 2.35. The van der Waals surface area contributed by atoms with Gasteiger partial charge in [-0.15, -0.1) is 0 Å². The molecule has 1 aromatic rings. The fourth-order valence-corrected chi connectivity index (χ4v) is 1.41. The summed E-state index contributed by atoms with van der Waals surface area (Å²) >= 11 is 0. The van der Waals surface area contributed by atoms with Crippen LogP contribution in [0.15, 0.2) is 12.4 Å². The Morgan fingerprint density at radius 1 is 1.50 bits per heavy atom. The maximum Gasteiger partial charge on any atom is 0.105 e. The van der Waals surface area contributed by atoms with Gasteiger partial charge in [-0.3, -0.25) is 0 Å². The van der Waals surface area contributed by atoms with Gasteiger partial charge in [0.1, 0.15) is 5.82 Å². The van der Waals surface area contributed by atoms with Crippen molar-refractivity contribution in [2.24, 2.45) is 5.73 Å². The van der Waals surface area contributed by atoms with Crippen molar-refractivity contribution in [3.05, 3.63) is 18.2 Å². The van der Waals surface area contributed by atoms with E-state index in [1.807, 2.05) is 13.2 Å². The molecule has 14 heavy (non-hydrogen) atoms. The van der Waals surface area contributed by atoms with E-state index in [0.717, 1.165) is 18.7 Å². The first kappa shape index (κ1) is 11.2. The number of hydrogen-bond acceptors (Lipinski definition) is 3. The molecule has 0 spiro atoms. The number of nitrogens with one attached hydrogen (secondary N) is 2. The number of nitrogens with two attached hydrogens (primary N) is 1. The molecule has 0 aliphatic rings. The maximum absolute atomic E-state index is 5.72. The predicted molar refractivity (Wildman–Crippen MR) is 57.8 cm³/mol. The molecule has 0 aromatic carbocycles. The Balaban J connectivity index is 1.95. The van der Waals surface area contributed by atoms with Crippen LogP contribution < -0.4 is 11.1 Å². The summed E-state index contributed by atoms with van der Waals surface area (Å²) in [7, 11) is 1.90. The number of rotatable bonds is 7. The number of aromatic nitrogens is 2. The largest absolute Gasteiger partial charge is 0.349 e. The normalized spacial score (nSPS) is 13.0. The molecule has 0 bridgehead atoms. The second-order valence-electron chi connectivity index (χ2n) is 3.53. The van der Waals surface area contributed by atoms with E-state index < -0.39 is 0 Å². The number of nitrogens with zero attached hydrogens (tertiary/aromatic N) is 1. The zero-order valence-corrected chi connectivity index (χ0v) is 8.79. The molecule has 1 unspecified atom stereocenters. The van der Waals surface area contributed by atoms with E-state index in [9.17, 15) is 0 Å². The van der Waals surface area contributed by atoms with Crippen molar-refractivity contribution < 1.29 is 0 Å². The van der Waals surface area contributed by atoms with Crippen LogP contribution in [0.2, 0.25) is 0 Å². The van der Waals surface area contributed by atoms with Crippen LogP contribution in [-0.2, 0) is 6.42 Å². The molecular weight excluding hydrogens is 176 g/mol. The molecule has 4 N–H and O–H groups in total. The summed E-state index contributed by atoms with van der Waals surface area (Å²) in [6, 6.07) is 0. The lowest BCUT2D eigenvalue weighted by Crippen LogP contribution is -2.33. The first-order valence-electron chi connectivity index (χ1n) is 5.24. The monoisotopic (exact) mass is 196 g/mol. The zero-order valence-electron chi connectivity index (χ0n) is 8.79. The molecule has 0 amide bonds. The average Bonchev–Trinajstić information content (AvgIpc) is 2.69. The Hall–Kier alpha value is -0.870. The molecule has 4 heteroatoms. The van der Waals surface area contributed by atoms with E-state index in [1.54, 1.807) is 6.20 Å². The topological polar surface area (TPSA) is 66.7 Å². The summed E-state index contributed by atoms with van der Waals surface area (Å²) in [6.45, 7) is 0. The molecule has 0 saturated heterocycles. The highest BCUT2D eigenvalue weighted by Crippen LogP contribution is 2.04. The summed E-state index contributed by atoms with van der Waals surface area (Å²) in [6.07, 6.45) is 9.50. The maximum atomic E-state index is 5.72. The smallest absolute Gasteiger partial charge is 0.105 e. The van der Waals surface area contributed by atoms with Crippen LogP contribution in [0.1, 0.15) is 31.5 Å². The van der Waals surface area contributed by atoms with Gasteiger partial charge in [0.05, 0.1) is 6.17 Å². The van der Waals surface area contributed by atoms with Crippen LogP contribution in [0.25, 0.3) is 0 Å². The SMILES string of the molecule is CNC(N)CCCCCc1ncc[nH]1. The second kappa shape index (κ2) is 6.56. The van der Waals surface area contributed by atoms with Gasteiger partial charge in [-0.1, -0.05) is 12.8 Å². The Labute approximate surface area is 85.3 Å². The van der Waals surface area contributed by atoms with E-state index >= 15 is 0 Å². The van der Waals surface area contributed by atoms with Crippen LogP contribution >= 0.6 is 0 Å². The molecule has 0 aliphatic carbocycles. The van der Waals surface area contributed by atoms with Crippen molar-refractivity contribution >= 4 is 0 Å². The van der Waals surface area contributed by atoms with Crippen molar-refractivity contribution in [2.75, 3.05) is 7.05 Å². The standard InChI is InChI=1S/C10H20N4/c1-12-9(11)5-3-2-4-6-10-13-7-8-14-10/h7-9,12H,2-6,11H2,1H3,(H,13,14). The van der Waals surface area contributed by atoms with Crippen molar-refractivity contribution in [1.82, 2.24) is 15.3 Å². The van der Waals surface area contributed by atoms with Gasteiger partial charge < -0.3 is 16.0 Å². The molecule has 80 valence electrons. The van der Waals surface area contributed by atoms with Gasteiger partial charge in [-0.25, -0.2) is 4.98 Å². The number of imidazole rings is 1. The molecule has 1 aromatic heterocycles. The van der Waals surface area contributed by atoms with Crippen LogP contribution in [0.3, 0.4) is 0 Å². The van der Waals surface area contributed by atoms with Crippen LogP contribution in [0.4, 0.5) is 0 Å². The molecule has 0 saturated carbocycles. The van der Waals surface area contributed by atoms with Crippen molar-refractivity contribution in [3.8, 4) is 0 Å². The first-order valence-corrected chi connectivity index (χ1v) is 5.24. The highest BCUT2D eigenvalue weighted by molar-refractivity contribution is 4.86. The van der Waals surface area contributed by atoms with Gasteiger partial charge in [0, 0.05) is 18.8 Å². The van der Waals surface area contributed by atoms with Gasteiger partial charge in [0.15, 0.2) is 0 Å². The minimum Gasteiger partial charge on any atom is -0.349 e. The molecule has 0 radical (unpaired) electrons. The van der Waals surface area contributed by atoms with Crippen molar-refractivity contribution in [2.45, 2.75) is 38.3 Å². The third kappa shape index (κ3) is 4.39. The minimum atomic E-state index is 0.151. The Bertz CT molecular complexity index is 220. The number of H-pyrrole nitrogens is 1. The van der Waals surface area contributed by atoms with Crippen LogP contribution in [-0.4, -0.2) is 23.2 Å².